The number of benzene rings is 1. The average molecular weight is 303 g/mol. The number of aromatic amines is 1. The van der Waals surface area contributed by atoms with Gasteiger partial charge in [-0.05, 0) is 19.1 Å². The Hall–Kier alpha value is -1.79. The number of hydrogen-bond acceptors (Lipinski definition) is 3. The number of carbonyl (C=O) groups is 1. The van der Waals surface area contributed by atoms with Crippen molar-refractivity contribution in [2.75, 3.05) is 11.1 Å². The van der Waals surface area contributed by atoms with E-state index in [1.54, 1.807) is 6.92 Å². The van der Waals surface area contributed by atoms with Gasteiger partial charge in [-0.25, -0.2) is 4.39 Å². The smallest absolute Gasteiger partial charge is 0.278 e. The van der Waals surface area contributed by atoms with E-state index in [0.29, 0.717) is 5.69 Å². The standard InChI is InChI=1S/C11H9Cl2FN4O/c1-4-8(15)10(18-17-4)11(19)16-9-6(12)2-5(14)3-7(9)13/h2-3H,15H2,1H3,(H,16,19)(H,17,18). The summed E-state index contributed by atoms with van der Waals surface area (Å²) in [6.07, 6.45) is 0. The Kier molecular flexibility index (Phi) is 3.64. The van der Waals surface area contributed by atoms with Gasteiger partial charge in [0.2, 0.25) is 0 Å². The average Bonchev–Trinajstić information content (AvgIpc) is 2.64. The van der Waals surface area contributed by atoms with E-state index in [1.165, 1.54) is 0 Å². The van der Waals surface area contributed by atoms with Crippen LogP contribution in [0.4, 0.5) is 15.8 Å². The fourth-order valence-corrected chi connectivity index (χ4v) is 2.00. The van der Waals surface area contributed by atoms with Gasteiger partial charge in [0.25, 0.3) is 5.91 Å². The van der Waals surface area contributed by atoms with Crippen LogP contribution < -0.4 is 11.1 Å². The summed E-state index contributed by atoms with van der Waals surface area (Å²) in [7, 11) is 0. The first-order valence-corrected chi connectivity index (χ1v) is 5.92. The lowest BCUT2D eigenvalue weighted by atomic mass is 10.2. The minimum Gasteiger partial charge on any atom is -0.395 e. The van der Waals surface area contributed by atoms with Gasteiger partial charge in [-0.15, -0.1) is 0 Å². The minimum atomic E-state index is -0.594. The summed E-state index contributed by atoms with van der Waals surface area (Å²) in [5.74, 6) is -1.18. The Bertz CT molecular complexity index is 633. The summed E-state index contributed by atoms with van der Waals surface area (Å²) in [5.41, 5.74) is 6.60. The van der Waals surface area contributed by atoms with Crippen molar-refractivity contribution in [1.82, 2.24) is 10.2 Å². The molecule has 0 aliphatic carbocycles. The number of rotatable bonds is 2. The van der Waals surface area contributed by atoms with E-state index in [2.05, 4.69) is 15.5 Å². The van der Waals surface area contributed by atoms with Crippen LogP contribution in [0.15, 0.2) is 12.1 Å². The van der Waals surface area contributed by atoms with Crippen LogP contribution in [0.2, 0.25) is 10.0 Å². The Morgan fingerprint density at radius 2 is 2.00 bits per heavy atom. The fraction of sp³-hybridized carbons (Fsp3) is 0.0909. The van der Waals surface area contributed by atoms with Crippen molar-refractivity contribution < 1.29 is 9.18 Å². The van der Waals surface area contributed by atoms with Crippen LogP contribution in [0.5, 0.6) is 0 Å². The predicted octanol–water partition coefficient (Wildman–Crippen LogP) is 3.00. The number of hydrogen-bond donors (Lipinski definition) is 3. The van der Waals surface area contributed by atoms with E-state index >= 15 is 0 Å². The molecule has 0 saturated heterocycles. The first-order chi connectivity index (χ1) is 8.90. The zero-order valence-electron chi connectivity index (χ0n) is 9.72. The fourth-order valence-electron chi connectivity index (χ4n) is 1.45. The van der Waals surface area contributed by atoms with Crippen molar-refractivity contribution in [3.8, 4) is 0 Å². The summed E-state index contributed by atoms with van der Waals surface area (Å²) < 4.78 is 13.0. The van der Waals surface area contributed by atoms with Crippen LogP contribution in [0.25, 0.3) is 0 Å². The Morgan fingerprint density at radius 1 is 1.42 bits per heavy atom. The first kappa shape index (κ1) is 13.6. The van der Waals surface area contributed by atoms with Gasteiger partial charge in [0.1, 0.15) is 5.82 Å². The molecule has 0 spiro atoms. The highest BCUT2D eigenvalue weighted by atomic mass is 35.5. The quantitative estimate of drug-likeness (QED) is 0.797. The number of halogens is 3. The zero-order valence-corrected chi connectivity index (χ0v) is 11.2. The summed E-state index contributed by atoms with van der Waals surface area (Å²) >= 11 is 11.6. The van der Waals surface area contributed by atoms with Gasteiger partial charge in [0, 0.05) is 0 Å². The molecule has 0 aliphatic rings. The number of aromatic nitrogens is 2. The minimum absolute atomic E-state index is 0.0100. The number of aryl methyl sites for hydroxylation is 1. The van der Waals surface area contributed by atoms with Gasteiger partial charge >= 0.3 is 0 Å². The SMILES string of the molecule is Cc1[nH]nc(C(=O)Nc2c(Cl)cc(F)cc2Cl)c1N. The number of H-pyrrole nitrogens is 1. The molecule has 0 saturated carbocycles. The molecule has 1 amide bonds. The monoisotopic (exact) mass is 302 g/mol. The van der Waals surface area contributed by atoms with Crippen molar-refractivity contribution in [2.45, 2.75) is 6.92 Å². The van der Waals surface area contributed by atoms with Crippen molar-refractivity contribution in [3.05, 3.63) is 39.4 Å². The summed E-state index contributed by atoms with van der Waals surface area (Å²) in [5, 5.41) is 8.77. The molecule has 5 nitrogen and oxygen atoms in total. The molecule has 100 valence electrons. The molecule has 8 heteroatoms. The van der Waals surface area contributed by atoms with Crippen molar-refractivity contribution >= 4 is 40.5 Å². The van der Waals surface area contributed by atoms with Gasteiger partial charge in [-0.2, -0.15) is 5.10 Å². The molecule has 0 radical (unpaired) electrons. The third kappa shape index (κ3) is 2.64. The Morgan fingerprint density at radius 3 is 2.47 bits per heavy atom. The zero-order chi connectivity index (χ0) is 14.2. The van der Waals surface area contributed by atoms with E-state index in [4.69, 9.17) is 28.9 Å². The molecule has 0 bridgehead atoms. The normalized spacial score (nSPS) is 10.5. The van der Waals surface area contributed by atoms with Crippen LogP contribution >= 0.6 is 23.2 Å². The molecular formula is C11H9Cl2FN4O. The first-order valence-electron chi connectivity index (χ1n) is 5.16. The Labute approximate surface area is 117 Å². The van der Waals surface area contributed by atoms with Crippen LogP contribution in [-0.2, 0) is 0 Å². The summed E-state index contributed by atoms with van der Waals surface area (Å²) in [6.45, 7) is 1.68. The van der Waals surface area contributed by atoms with Gasteiger partial charge in [-0.3, -0.25) is 9.89 Å². The van der Waals surface area contributed by atoms with E-state index in [0.717, 1.165) is 12.1 Å². The summed E-state index contributed by atoms with van der Waals surface area (Å²) in [4.78, 5) is 12.0. The second kappa shape index (κ2) is 5.07. The molecule has 1 aromatic carbocycles. The van der Waals surface area contributed by atoms with Crippen molar-refractivity contribution in [3.63, 3.8) is 0 Å². The lowest BCUT2D eigenvalue weighted by molar-refractivity contribution is 0.102. The Balaban J connectivity index is 2.32. The molecule has 19 heavy (non-hydrogen) atoms. The molecule has 1 aromatic heterocycles. The van der Waals surface area contributed by atoms with Gasteiger partial charge < -0.3 is 11.1 Å². The van der Waals surface area contributed by atoms with E-state index in [1.807, 2.05) is 0 Å². The second-order valence-electron chi connectivity index (χ2n) is 3.81. The maximum atomic E-state index is 13.0. The van der Waals surface area contributed by atoms with Crippen molar-refractivity contribution in [2.24, 2.45) is 0 Å². The van der Waals surface area contributed by atoms with Crippen LogP contribution in [0, 0.1) is 12.7 Å². The molecule has 2 rings (SSSR count). The lowest BCUT2D eigenvalue weighted by Gasteiger charge is -2.08. The number of nitrogens with zero attached hydrogens (tertiary/aromatic N) is 1. The number of anilines is 2. The lowest BCUT2D eigenvalue weighted by Crippen LogP contribution is -2.15. The number of carbonyl (C=O) groups excluding carboxylic acids is 1. The predicted molar refractivity (Wildman–Crippen MR) is 72.1 cm³/mol. The number of nitrogens with one attached hydrogen (secondary N) is 2. The molecule has 0 unspecified atom stereocenters. The highest BCUT2D eigenvalue weighted by molar-refractivity contribution is 6.40. The van der Waals surface area contributed by atoms with Crippen LogP contribution in [-0.4, -0.2) is 16.1 Å². The highest BCUT2D eigenvalue weighted by Crippen LogP contribution is 2.32. The maximum absolute atomic E-state index is 13.0. The molecule has 1 heterocycles. The number of nitrogen functional groups attached to an aromatic ring is 1. The van der Waals surface area contributed by atoms with E-state index in [9.17, 15) is 9.18 Å². The second-order valence-corrected chi connectivity index (χ2v) is 4.62. The van der Waals surface area contributed by atoms with E-state index < -0.39 is 11.7 Å². The van der Waals surface area contributed by atoms with Crippen molar-refractivity contribution in [1.29, 1.82) is 0 Å². The molecular weight excluding hydrogens is 294 g/mol. The summed E-state index contributed by atoms with van der Waals surface area (Å²) in [6, 6.07) is 2.09. The van der Waals surface area contributed by atoms with Crippen LogP contribution in [0.1, 0.15) is 16.2 Å². The maximum Gasteiger partial charge on any atom is 0.278 e. The third-order valence-corrected chi connectivity index (χ3v) is 3.05. The number of nitrogens with two attached hydrogens (primary N) is 1. The third-order valence-electron chi connectivity index (χ3n) is 2.46. The van der Waals surface area contributed by atoms with Gasteiger partial charge in [-0.1, -0.05) is 23.2 Å². The van der Waals surface area contributed by atoms with E-state index in [-0.39, 0.29) is 27.1 Å². The molecule has 4 N–H and O–H groups in total. The molecule has 0 aliphatic heterocycles. The largest absolute Gasteiger partial charge is 0.395 e. The molecule has 0 fully saturated rings. The van der Waals surface area contributed by atoms with Gasteiger partial charge in [0.15, 0.2) is 5.69 Å². The molecule has 2 aromatic rings. The highest BCUT2D eigenvalue weighted by Gasteiger charge is 2.18. The topological polar surface area (TPSA) is 83.8 Å². The molecule has 0 atom stereocenters. The van der Waals surface area contributed by atoms with Crippen LogP contribution in [0.3, 0.4) is 0 Å². The number of amides is 1. The van der Waals surface area contributed by atoms with Gasteiger partial charge in [0.05, 0.1) is 27.1 Å².